The highest BCUT2D eigenvalue weighted by molar-refractivity contribution is 5.89. The Hall–Kier alpha value is -2.45. The molecule has 4 nitrogen and oxygen atoms in total. The average Bonchev–Trinajstić information content (AvgIpc) is 2.83. The van der Waals surface area contributed by atoms with Crippen molar-refractivity contribution >= 4 is 5.97 Å². The lowest BCUT2D eigenvalue weighted by atomic mass is 10.2. The van der Waals surface area contributed by atoms with E-state index < -0.39 is 35.4 Å². The van der Waals surface area contributed by atoms with Gasteiger partial charge in [0.2, 0.25) is 6.10 Å². The highest BCUT2D eigenvalue weighted by atomic mass is 19.4. The van der Waals surface area contributed by atoms with Gasteiger partial charge in [-0.3, -0.25) is 4.68 Å². The molecule has 1 aromatic carbocycles. The number of halogens is 5. The summed E-state index contributed by atoms with van der Waals surface area (Å²) in [7, 11) is 1.40. The van der Waals surface area contributed by atoms with Gasteiger partial charge in [-0.1, -0.05) is 0 Å². The molecule has 0 unspecified atom stereocenters. The minimum Gasteiger partial charge on any atom is -0.444 e. The lowest BCUT2D eigenvalue weighted by molar-refractivity contribution is -0.207. The summed E-state index contributed by atoms with van der Waals surface area (Å²) in [6.07, 6.45) is -5.49. The van der Waals surface area contributed by atoms with Crippen LogP contribution in [-0.4, -0.2) is 21.9 Å². The van der Waals surface area contributed by atoms with Gasteiger partial charge in [0.25, 0.3) is 0 Å². The maximum atomic E-state index is 13.0. The summed E-state index contributed by atoms with van der Waals surface area (Å²) in [5.41, 5.74) is -0.914. The van der Waals surface area contributed by atoms with E-state index in [1.165, 1.54) is 7.05 Å². The van der Waals surface area contributed by atoms with Crippen LogP contribution >= 0.6 is 0 Å². The molecule has 2 aromatic rings. The SMILES string of the molecule is Cn1cc([C@H](OC(=O)c2ccc(F)c(F)c2)C(F)(F)F)cn1. The number of alkyl halides is 3. The first-order valence-corrected chi connectivity index (χ1v) is 5.90. The molecule has 1 aromatic heterocycles. The van der Waals surface area contributed by atoms with Crippen molar-refractivity contribution in [3.05, 3.63) is 53.4 Å². The Kier molecular flexibility index (Phi) is 4.16. The Morgan fingerprint density at radius 1 is 1.27 bits per heavy atom. The number of hydrogen-bond acceptors (Lipinski definition) is 3. The predicted octanol–water partition coefficient (Wildman–Crippen LogP) is 3.16. The average molecular weight is 320 g/mol. The highest BCUT2D eigenvalue weighted by Gasteiger charge is 2.45. The molecule has 118 valence electrons. The number of ether oxygens (including phenoxy) is 1. The Morgan fingerprint density at radius 2 is 1.95 bits per heavy atom. The molecule has 0 spiro atoms. The first-order valence-electron chi connectivity index (χ1n) is 5.90. The number of hydrogen-bond donors (Lipinski definition) is 0. The minimum atomic E-state index is -4.88. The second-order valence-corrected chi connectivity index (χ2v) is 4.40. The fourth-order valence-corrected chi connectivity index (χ4v) is 1.70. The Labute approximate surface area is 121 Å². The Balaban J connectivity index is 2.27. The topological polar surface area (TPSA) is 44.1 Å². The van der Waals surface area contributed by atoms with Crippen molar-refractivity contribution < 1.29 is 31.5 Å². The van der Waals surface area contributed by atoms with Gasteiger partial charge in [0.05, 0.1) is 11.8 Å². The monoisotopic (exact) mass is 320 g/mol. The summed E-state index contributed by atoms with van der Waals surface area (Å²) in [5.74, 6) is -4.01. The molecule has 0 N–H and O–H groups in total. The quantitative estimate of drug-likeness (QED) is 0.644. The molecule has 0 saturated heterocycles. The summed E-state index contributed by atoms with van der Waals surface area (Å²) in [6, 6.07) is 1.92. The van der Waals surface area contributed by atoms with Gasteiger partial charge >= 0.3 is 12.1 Å². The van der Waals surface area contributed by atoms with Crippen molar-refractivity contribution in [2.75, 3.05) is 0 Å². The largest absolute Gasteiger partial charge is 0.444 e. The summed E-state index contributed by atoms with van der Waals surface area (Å²) in [5, 5.41) is 3.57. The van der Waals surface area contributed by atoms with Crippen LogP contribution in [0, 0.1) is 11.6 Å². The van der Waals surface area contributed by atoms with Crippen LogP contribution in [0.4, 0.5) is 22.0 Å². The second-order valence-electron chi connectivity index (χ2n) is 4.40. The van der Waals surface area contributed by atoms with Crippen LogP contribution in [0.3, 0.4) is 0 Å². The number of benzene rings is 1. The molecule has 0 bridgehead atoms. The van der Waals surface area contributed by atoms with Crippen LogP contribution in [0.25, 0.3) is 0 Å². The highest BCUT2D eigenvalue weighted by Crippen LogP contribution is 2.36. The van der Waals surface area contributed by atoms with E-state index >= 15 is 0 Å². The van der Waals surface area contributed by atoms with Crippen molar-refractivity contribution in [2.45, 2.75) is 12.3 Å². The third-order valence-corrected chi connectivity index (χ3v) is 2.71. The van der Waals surface area contributed by atoms with Gasteiger partial charge in [0.1, 0.15) is 0 Å². The lowest BCUT2D eigenvalue weighted by Crippen LogP contribution is -2.26. The Bertz CT molecular complexity index is 696. The maximum Gasteiger partial charge on any atom is 0.429 e. The number of rotatable bonds is 3. The predicted molar refractivity (Wildman–Crippen MR) is 63.8 cm³/mol. The first kappa shape index (κ1) is 15.9. The molecule has 22 heavy (non-hydrogen) atoms. The molecule has 0 fully saturated rings. The van der Waals surface area contributed by atoms with Gasteiger partial charge in [-0.2, -0.15) is 18.3 Å². The van der Waals surface area contributed by atoms with Gasteiger partial charge in [-0.05, 0) is 18.2 Å². The number of aryl methyl sites for hydroxylation is 1. The zero-order valence-electron chi connectivity index (χ0n) is 11.1. The van der Waals surface area contributed by atoms with E-state index in [9.17, 15) is 26.7 Å². The number of carbonyl (C=O) groups is 1. The van der Waals surface area contributed by atoms with Crippen LogP contribution in [-0.2, 0) is 11.8 Å². The number of esters is 1. The molecule has 9 heteroatoms. The fourth-order valence-electron chi connectivity index (χ4n) is 1.70. The molecule has 0 aliphatic carbocycles. The number of aromatic nitrogens is 2. The summed E-state index contributed by atoms with van der Waals surface area (Å²) in [4.78, 5) is 11.7. The zero-order valence-corrected chi connectivity index (χ0v) is 11.1. The van der Waals surface area contributed by atoms with Crippen LogP contribution in [0.2, 0.25) is 0 Å². The standard InChI is InChI=1S/C13H9F5N2O2/c1-20-6-8(5-19-20)11(13(16,17)18)22-12(21)7-2-3-9(14)10(15)4-7/h2-6,11H,1H3/t11-/m0/s1. The summed E-state index contributed by atoms with van der Waals surface area (Å²) in [6.45, 7) is 0. The normalized spacial score (nSPS) is 13.0. The molecular weight excluding hydrogens is 311 g/mol. The molecule has 1 atom stereocenters. The van der Waals surface area contributed by atoms with Crippen molar-refractivity contribution in [3.63, 3.8) is 0 Å². The number of nitrogens with zero attached hydrogens (tertiary/aromatic N) is 2. The van der Waals surface area contributed by atoms with Crippen LogP contribution in [0.1, 0.15) is 22.0 Å². The Morgan fingerprint density at radius 3 is 2.45 bits per heavy atom. The molecule has 0 aliphatic rings. The van der Waals surface area contributed by atoms with E-state index in [1.807, 2.05) is 0 Å². The zero-order chi connectivity index (χ0) is 16.5. The molecule has 0 radical (unpaired) electrons. The molecule has 0 aliphatic heterocycles. The summed E-state index contributed by atoms with van der Waals surface area (Å²) >= 11 is 0. The first-order chi connectivity index (χ1) is 10.2. The van der Waals surface area contributed by atoms with E-state index in [0.29, 0.717) is 12.1 Å². The van der Waals surface area contributed by atoms with Crippen molar-refractivity contribution in [2.24, 2.45) is 7.05 Å². The molecule has 2 rings (SSSR count). The van der Waals surface area contributed by atoms with Crippen molar-refractivity contribution in [1.29, 1.82) is 0 Å². The molecule has 0 saturated carbocycles. The maximum absolute atomic E-state index is 13.0. The van der Waals surface area contributed by atoms with E-state index in [1.54, 1.807) is 0 Å². The van der Waals surface area contributed by atoms with E-state index in [-0.39, 0.29) is 5.56 Å². The van der Waals surface area contributed by atoms with Crippen LogP contribution in [0.15, 0.2) is 30.6 Å². The lowest BCUT2D eigenvalue weighted by Gasteiger charge is -2.19. The van der Waals surface area contributed by atoms with E-state index in [2.05, 4.69) is 9.84 Å². The van der Waals surface area contributed by atoms with Gasteiger partial charge < -0.3 is 4.74 Å². The fraction of sp³-hybridized carbons (Fsp3) is 0.231. The van der Waals surface area contributed by atoms with Gasteiger partial charge in [0, 0.05) is 18.8 Å². The molecule has 1 heterocycles. The van der Waals surface area contributed by atoms with Crippen LogP contribution in [0.5, 0.6) is 0 Å². The molecular formula is C13H9F5N2O2. The van der Waals surface area contributed by atoms with Gasteiger partial charge in [-0.25, -0.2) is 13.6 Å². The number of carbonyl (C=O) groups excluding carboxylic acids is 1. The third kappa shape index (κ3) is 3.41. The molecule has 0 amide bonds. The van der Waals surface area contributed by atoms with Gasteiger partial charge in [0.15, 0.2) is 11.6 Å². The third-order valence-electron chi connectivity index (χ3n) is 2.71. The van der Waals surface area contributed by atoms with E-state index in [0.717, 1.165) is 23.1 Å². The van der Waals surface area contributed by atoms with Crippen LogP contribution < -0.4 is 0 Å². The van der Waals surface area contributed by atoms with Gasteiger partial charge in [-0.15, -0.1) is 0 Å². The smallest absolute Gasteiger partial charge is 0.429 e. The minimum absolute atomic E-state index is 0.383. The second kappa shape index (κ2) is 5.74. The summed E-state index contributed by atoms with van der Waals surface area (Å²) < 4.78 is 70.2. The van der Waals surface area contributed by atoms with Crippen molar-refractivity contribution in [1.82, 2.24) is 9.78 Å². The van der Waals surface area contributed by atoms with E-state index in [4.69, 9.17) is 0 Å². The van der Waals surface area contributed by atoms with Crippen molar-refractivity contribution in [3.8, 4) is 0 Å².